The van der Waals surface area contributed by atoms with E-state index in [1.54, 1.807) is 0 Å². The third-order valence-electron chi connectivity index (χ3n) is 7.02. The quantitative estimate of drug-likeness (QED) is 0.0598. The summed E-state index contributed by atoms with van der Waals surface area (Å²) >= 11 is 0. The third kappa shape index (κ3) is 31.0. The highest BCUT2D eigenvalue weighted by Gasteiger charge is 2.03. The second kappa shape index (κ2) is 30.2. The summed E-state index contributed by atoms with van der Waals surface area (Å²) in [6, 6.07) is 0. The van der Waals surface area contributed by atoms with E-state index < -0.39 is 6.16 Å². The summed E-state index contributed by atoms with van der Waals surface area (Å²) < 4.78 is 10.4. The van der Waals surface area contributed by atoms with Crippen LogP contribution in [-0.2, 0) is 9.47 Å². The minimum absolute atomic E-state index is 0.482. The average molecular weight is 509 g/mol. The molecule has 0 spiro atoms. The largest absolute Gasteiger partial charge is 0.508 e. The maximum absolute atomic E-state index is 11.7. The zero-order chi connectivity index (χ0) is 26.4. The summed E-state index contributed by atoms with van der Waals surface area (Å²) in [5.41, 5.74) is 0. The number of carbonyl (C=O) groups excluding carboxylic acids is 1. The molecule has 0 aliphatic rings. The van der Waals surface area contributed by atoms with Crippen LogP contribution in [0.1, 0.15) is 175 Å². The van der Waals surface area contributed by atoms with Crippen molar-refractivity contribution in [2.75, 3.05) is 13.2 Å². The van der Waals surface area contributed by atoms with E-state index in [1.807, 2.05) is 0 Å². The second-order valence-electron chi connectivity index (χ2n) is 11.2. The van der Waals surface area contributed by atoms with Crippen molar-refractivity contribution < 1.29 is 14.3 Å². The van der Waals surface area contributed by atoms with E-state index in [1.165, 1.54) is 128 Å². The van der Waals surface area contributed by atoms with Gasteiger partial charge in [0.1, 0.15) is 0 Å². The van der Waals surface area contributed by atoms with E-state index in [0.717, 1.165) is 31.6 Å². The summed E-state index contributed by atoms with van der Waals surface area (Å²) in [6.45, 7) is 7.90. The van der Waals surface area contributed by atoms with Crippen LogP contribution in [0.2, 0.25) is 0 Å². The van der Waals surface area contributed by atoms with Crippen molar-refractivity contribution >= 4 is 6.16 Å². The lowest BCUT2D eigenvalue weighted by Crippen LogP contribution is -2.09. The van der Waals surface area contributed by atoms with Crippen LogP contribution in [0.15, 0.2) is 12.2 Å². The highest BCUT2D eigenvalue weighted by molar-refractivity contribution is 5.59. The molecule has 0 aliphatic heterocycles. The van der Waals surface area contributed by atoms with E-state index in [4.69, 9.17) is 9.47 Å². The van der Waals surface area contributed by atoms with Gasteiger partial charge in [-0.2, -0.15) is 0 Å². The molecule has 0 fully saturated rings. The summed E-state index contributed by atoms with van der Waals surface area (Å²) in [4.78, 5) is 11.7. The molecule has 3 heteroatoms. The van der Waals surface area contributed by atoms with Gasteiger partial charge in [-0.1, -0.05) is 148 Å². The van der Waals surface area contributed by atoms with Crippen LogP contribution < -0.4 is 0 Å². The Balaban J connectivity index is 3.19. The zero-order valence-electron chi connectivity index (χ0n) is 24.8. The second-order valence-corrected chi connectivity index (χ2v) is 11.2. The van der Waals surface area contributed by atoms with Crippen LogP contribution in [0.5, 0.6) is 0 Å². The van der Waals surface area contributed by atoms with Crippen LogP contribution in [0.3, 0.4) is 0 Å². The van der Waals surface area contributed by atoms with Gasteiger partial charge in [-0.05, 0) is 44.4 Å². The molecule has 0 radical (unpaired) electrons. The number of hydrogen-bond acceptors (Lipinski definition) is 3. The molecule has 214 valence electrons. The molecule has 0 amide bonds. The molecule has 0 aromatic heterocycles. The highest BCUT2D eigenvalue weighted by Crippen LogP contribution is 2.14. The Bertz CT molecular complexity index is 458. The standard InChI is InChI=1S/C33H64O3/c1-4-5-6-7-8-9-10-11-12-15-18-21-24-27-30-35-33(34)36-31-28-25-22-19-16-13-14-17-20-23-26-29-32(2)3/h9-10,32H,4-8,11-31H2,1-3H3. The fourth-order valence-corrected chi connectivity index (χ4v) is 4.59. The fourth-order valence-electron chi connectivity index (χ4n) is 4.59. The zero-order valence-corrected chi connectivity index (χ0v) is 24.8. The number of unbranched alkanes of at least 4 members (excludes halogenated alkanes) is 20. The van der Waals surface area contributed by atoms with Gasteiger partial charge in [-0.15, -0.1) is 0 Å². The first-order valence-electron chi connectivity index (χ1n) is 16.1. The van der Waals surface area contributed by atoms with Crippen molar-refractivity contribution in [3.05, 3.63) is 12.2 Å². The molecule has 0 bridgehead atoms. The Labute approximate surface area is 226 Å². The van der Waals surface area contributed by atoms with Gasteiger partial charge >= 0.3 is 6.16 Å². The van der Waals surface area contributed by atoms with Gasteiger partial charge in [0.05, 0.1) is 13.2 Å². The number of hydrogen-bond donors (Lipinski definition) is 0. The van der Waals surface area contributed by atoms with Gasteiger partial charge in [0.15, 0.2) is 0 Å². The fraction of sp³-hybridized carbons (Fsp3) is 0.909. The molecule has 0 aromatic carbocycles. The first-order chi connectivity index (χ1) is 17.7. The molecule has 0 aliphatic carbocycles. The van der Waals surface area contributed by atoms with Crippen molar-refractivity contribution in [3.8, 4) is 0 Å². The van der Waals surface area contributed by atoms with Gasteiger partial charge in [-0.25, -0.2) is 4.79 Å². The minimum atomic E-state index is -0.482. The van der Waals surface area contributed by atoms with Crippen molar-refractivity contribution in [3.63, 3.8) is 0 Å². The molecule has 0 aromatic rings. The van der Waals surface area contributed by atoms with Gasteiger partial charge in [0.2, 0.25) is 0 Å². The first kappa shape index (κ1) is 35.0. The van der Waals surface area contributed by atoms with Gasteiger partial charge in [-0.3, -0.25) is 0 Å². The van der Waals surface area contributed by atoms with Crippen molar-refractivity contribution in [1.29, 1.82) is 0 Å². The van der Waals surface area contributed by atoms with Crippen molar-refractivity contribution in [2.45, 2.75) is 175 Å². The minimum Gasteiger partial charge on any atom is -0.434 e. The lowest BCUT2D eigenvalue weighted by Gasteiger charge is -2.07. The summed E-state index contributed by atoms with van der Waals surface area (Å²) in [5, 5.41) is 0. The van der Waals surface area contributed by atoms with Gasteiger partial charge in [0.25, 0.3) is 0 Å². The van der Waals surface area contributed by atoms with E-state index in [2.05, 4.69) is 32.9 Å². The van der Waals surface area contributed by atoms with Crippen LogP contribution in [0.25, 0.3) is 0 Å². The van der Waals surface area contributed by atoms with E-state index in [0.29, 0.717) is 13.2 Å². The molecular formula is C33H64O3. The molecule has 36 heavy (non-hydrogen) atoms. The smallest absolute Gasteiger partial charge is 0.434 e. The normalized spacial score (nSPS) is 11.6. The molecule has 0 rings (SSSR count). The van der Waals surface area contributed by atoms with Crippen molar-refractivity contribution in [1.82, 2.24) is 0 Å². The Morgan fingerprint density at radius 3 is 1.31 bits per heavy atom. The molecule has 0 saturated carbocycles. The van der Waals surface area contributed by atoms with Crippen LogP contribution in [0.4, 0.5) is 4.79 Å². The maximum atomic E-state index is 11.7. The van der Waals surface area contributed by atoms with Crippen LogP contribution in [-0.4, -0.2) is 19.4 Å². The van der Waals surface area contributed by atoms with E-state index in [9.17, 15) is 4.79 Å². The van der Waals surface area contributed by atoms with Gasteiger partial charge in [0, 0.05) is 0 Å². The molecule has 0 heterocycles. The molecule has 0 unspecified atom stereocenters. The number of allylic oxidation sites excluding steroid dienone is 2. The first-order valence-corrected chi connectivity index (χ1v) is 16.1. The molecule has 0 atom stereocenters. The Kier molecular flexibility index (Phi) is 29.4. The monoisotopic (exact) mass is 508 g/mol. The van der Waals surface area contributed by atoms with Crippen LogP contribution in [0, 0.1) is 5.92 Å². The van der Waals surface area contributed by atoms with E-state index >= 15 is 0 Å². The number of ether oxygens (including phenoxy) is 2. The van der Waals surface area contributed by atoms with E-state index in [-0.39, 0.29) is 0 Å². The molecule has 3 nitrogen and oxygen atoms in total. The molecular weight excluding hydrogens is 444 g/mol. The third-order valence-corrected chi connectivity index (χ3v) is 7.02. The Morgan fingerprint density at radius 1 is 0.528 bits per heavy atom. The Hall–Kier alpha value is -0.990. The van der Waals surface area contributed by atoms with Gasteiger partial charge < -0.3 is 9.47 Å². The SMILES string of the molecule is CCCCCCC=CCCCCCCCCOC(=O)OCCCCCCCCCCCCCC(C)C. The average Bonchev–Trinajstić information content (AvgIpc) is 2.86. The molecule has 0 saturated heterocycles. The predicted molar refractivity (Wildman–Crippen MR) is 158 cm³/mol. The predicted octanol–water partition coefficient (Wildman–Crippen LogP) is 11.7. The summed E-state index contributed by atoms with van der Waals surface area (Å²) in [6.07, 6.45) is 35.2. The highest BCUT2D eigenvalue weighted by atomic mass is 16.7. The van der Waals surface area contributed by atoms with Crippen molar-refractivity contribution in [2.24, 2.45) is 5.92 Å². The topological polar surface area (TPSA) is 35.5 Å². The lowest BCUT2D eigenvalue weighted by molar-refractivity contribution is 0.0529. The Morgan fingerprint density at radius 2 is 0.889 bits per heavy atom. The van der Waals surface area contributed by atoms with Crippen LogP contribution >= 0.6 is 0 Å². The lowest BCUT2D eigenvalue weighted by atomic mass is 10.0. The molecule has 0 N–H and O–H groups in total. The summed E-state index contributed by atoms with van der Waals surface area (Å²) in [7, 11) is 0. The summed E-state index contributed by atoms with van der Waals surface area (Å²) in [5.74, 6) is 0.860. The number of carbonyl (C=O) groups is 1. The maximum Gasteiger partial charge on any atom is 0.508 e. The number of rotatable bonds is 28.